The Hall–Kier alpha value is -0.610. The van der Waals surface area contributed by atoms with Crippen molar-refractivity contribution in [1.29, 1.82) is 0 Å². The second-order valence-electron chi connectivity index (χ2n) is 5.61. The third-order valence-corrected chi connectivity index (χ3v) is 4.32. The molecule has 0 aromatic heterocycles. The second-order valence-corrected chi connectivity index (χ2v) is 5.61. The van der Waals surface area contributed by atoms with E-state index in [0.717, 1.165) is 51.7 Å². The monoisotopic (exact) mass is 254 g/mol. The van der Waals surface area contributed by atoms with Crippen LogP contribution in [-0.4, -0.2) is 42.6 Å². The number of hydrogen-bond acceptors (Lipinski definition) is 3. The first-order valence-corrected chi connectivity index (χ1v) is 7.36. The SMILES string of the molecule is CCN(C(=O)C1CCCOC1)C1CCC(N)CC1. The molecular formula is C14H26N2O2. The summed E-state index contributed by atoms with van der Waals surface area (Å²) in [6.45, 7) is 4.32. The van der Waals surface area contributed by atoms with Crippen LogP contribution >= 0.6 is 0 Å². The Kier molecular flexibility index (Phi) is 5.01. The Morgan fingerprint density at radius 3 is 2.56 bits per heavy atom. The predicted molar refractivity (Wildman–Crippen MR) is 71.2 cm³/mol. The van der Waals surface area contributed by atoms with Gasteiger partial charge in [0.05, 0.1) is 12.5 Å². The van der Waals surface area contributed by atoms with Crippen LogP contribution in [0.1, 0.15) is 45.4 Å². The summed E-state index contributed by atoms with van der Waals surface area (Å²) < 4.78 is 5.43. The van der Waals surface area contributed by atoms with Crippen LogP contribution in [0, 0.1) is 5.92 Å². The molecule has 1 aliphatic heterocycles. The van der Waals surface area contributed by atoms with Gasteiger partial charge in [-0.15, -0.1) is 0 Å². The van der Waals surface area contributed by atoms with Gasteiger partial charge in [0.1, 0.15) is 0 Å². The van der Waals surface area contributed by atoms with Crippen molar-refractivity contribution >= 4 is 5.91 Å². The molecule has 2 fully saturated rings. The van der Waals surface area contributed by atoms with Crippen molar-refractivity contribution < 1.29 is 9.53 Å². The van der Waals surface area contributed by atoms with E-state index in [2.05, 4.69) is 11.8 Å². The Morgan fingerprint density at radius 1 is 1.28 bits per heavy atom. The lowest BCUT2D eigenvalue weighted by Gasteiger charge is -2.38. The van der Waals surface area contributed by atoms with Crippen molar-refractivity contribution in [2.45, 2.75) is 57.5 Å². The number of ether oxygens (including phenoxy) is 1. The molecule has 0 spiro atoms. The van der Waals surface area contributed by atoms with E-state index in [0.29, 0.717) is 24.6 Å². The number of hydrogen-bond donors (Lipinski definition) is 1. The third kappa shape index (κ3) is 3.23. The zero-order valence-corrected chi connectivity index (χ0v) is 11.4. The fraction of sp³-hybridized carbons (Fsp3) is 0.929. The molecule has 0 aromatic rings. The highest BCUT2D eigenvalue weighted by Gasteiger charge is 2.31. The quantitative estimate of drug-likeness (QED) is 0.831. The van der Waals surface area contributed by atoms with Gasteiger partial charge in [0, 0.05) is 25.2 Å². The molecule has 2 rings (SSSR count). The highest BCUT2D eigenvalue weighted by atomic mass is 16.5. The molecule has 1 atom stereocenters. The molecule has 1 saturated heterocycles. The Labute approximate surface area is 110 Å². The predicted octanol–water partition coefficient (Wildman–Crippen LogP) is 1.53. The average Bonchev–Trinajstić information content (AvgIpc) is 2.42. The maximum Gasteiger partial charge on any atom is 0.228 e. The molecule has 0 radical (unpaired) electrons. The first-order chi connectivity index (χ1) is 8.72. The molecule has 104 valence electrons. The number of rotatable bonds is 3. The zero-order valence-electron chi connectivity index (χ0n) is 11.4. The summed E-state index contributed by atoms with van der Waals surface area (Å²) in [4.78, 5) is 14.6. The molecular weight excluding hydrogens is 228 g/mol. The van der Waals surface area contributed by atoms with E-state index in [1.165, 1.54) is 0 Å². The van der Waals surface area contributed by atoms with E-state index in [-0.39, 0.29) is 5.92 Å². The lowest BCUT2D eigenvalue weighted by Crippen LogP contribution is -2.47. The van der Waals surface area contributed by atoms with E-state index >= 15 is 0 Å². The number of nitrogens with zero attached hydrogens (tertiary/aromatic N) is 1. The maximum atomic E-state index is 12.5. The van der Waals surface area contributed by atoms with E-state index in [1.807, 2.05) is 0 Å². The van der Waals surface area contributed by atoms with Gasteiger partial charge in [-0.2, -0.15) is 0 Å². The van der Waals surface area contributed by atoms with Gasteiger partial charge in [0.25, 0.3) is 0 Å². The molecule has 4 nitrogen and oxygen atoms in total. The first kappa shape index (κ1) is 13.8. The summed E-state index contributed by atoms with van der Waals surface area (Å²) in [5.41, 5.74) is 5.93. The van der Waals surface area contributed by atoms with Gasteiger partial charge in [-0.25, -0.2) is 0 Å². The van der Waals surface area contributed by atoms with Gasteiger partial charge in [0.15, 0.2) is 0 Å². The Balaban J connectivity index is 1.92. The molecule has 1 heterocycles. The summed E-state index contributed by atoms with van der Waals surface area (Å²) in [5.74, 6) is 0.395. The van der Waals surface area contributed by atoms with E-state index < -0.39 is 0 Å². The molecule has 1 saturated carbocycles. The van der Waals surface area contributed by atoms with Gasteiger partial charge in [0.2, 0.25) is 5.91 Å². The molecule has 1 unspecified atom stereocenters. The molecule has 1 aliphatic carbocycles. The van der Waals surface area contributed by atoms with Gasteiger partial charge < -0.3 is 15.4 Å². The minimum Gasteiger partial charge on any atom is -0.381 e. The molecule has 18 heavy (non-hydrogen) atoms. The smallest absolute Gasteiger partial charge is 0.228 e. The lowest BCUT2D eigenvalue weighted by molar-refractivity contribution is -0.142. The fourth-order valence-electron chi connectivity index (χ4n) is 3.18. The van der Waals surface area contributed by atoms with Crippen LogP contribution in [-0.2, 0) is 9.53 Å². The Morgan fingerprint density at radius 2 is 2.00 bits per heavy atom. The first-order valence-electron chi connectivity index (χ1n) is 7.36. The van der Waals surface area contributed by atoms with Crippen molar-refractivity contribution in [3.63, 3.8) is 0 Å². The van der Waals surface area contributed by atoms with Crippen LogP contribution in [0.25, 0.3) is 0 Å². The third-order valence-electron chi connectivity index (χ3n) is 4.32. The maximum absolute atomic E-state index is 12.5. The fourth-order valence-corrected chi connectivity index (χ4v) is 3.18. The van der Waals surface area contributed by atoms with Crippen LogP contribution < -0.4 is 5.73 Å². The van der Waals surface area contributed by atoms with E-state index in [1.54, 1.807) is 0 Å². The van der Waals surface area contributed by atoms with Crippen molar-refractivity contribution in [1.82, 2.24) is 4.90 Å². The summed E-state index contributed by atoms with van der Waals surface area (Å²) in [7, 11) is 0. The lowest BCUT2D eigenvalue weighted by atomic mass is 9.89. The highest BCUT2D eigenvalue weighted by Crippen LogP contribution is 2.25. The van der Waals surface area contributed by atoms with Crippen molar-refractivity contribution in [3.05, 3.63) is 0 Å². The molecule has 2 N–H and O–H groups in total. The Bertz CT molecular complexity index is 269. The molecule has 1 amide bonds. The van der Waals surface area contributed by atoms with Crippen molar-refractivity contribution in [2.24, 2.45) is 11.7 Å². The molecule has 4 heteroatoms. The number of carbonyl (C=O) groups excluding carboxylic acids is 1. The molecule has 0 aromatic carbocycles. The summed E-state index contributed by atoms with van der Waals surface area (Å²) in [6.07, 6.45) is 6.24. The van der Waals surface area contributed by atoms with E-state index in [4.69, 9.17) is 10.5 Å². The van der Waals surface area contributed by atoms with Gasteiger partial charge >= 0.3 is 0 Å². The van der Waals surface area contributed by atoms with Crippen LogP contribution in [0.5, 0.6) is 0 Å². The highest BCUT2D eigenvalue weighted by molar-refractivity contribution is 5.79. The summed E-state index contributed by atoms with van der Waals surface area (Å²) >= 11 is 0. The topological polar surface area (TPSA) is 55.6 Å². The number of carbonyl (C=O) groups is 1. The molecule has 0 bridgehead atoms. The van der Waals surface area contributed by atoms with Crippen LogP contribution in [0.15, 0.2) is 0 Å². The minimum absolute atomic E-state index is 0.0919. The standard InChI is InChI=1S/C14H26N2O2/c1-2-16(13-7-5-12(15)6-8-13)14(17)11-4-3-9-18-10-11/h11-13H,2-10,15H2,1H3. The van der Waals surface area contributed by atoms with Crippen molar-refractivity contribution in [3.8, 4) is 0 Å². The second kappa shape index (κ2) is 6.53. The summed E-state index contributed by atoms with van der Waals surface area (Å²) in [5, 5.41) is 0. The van der Waals surface area contributed by atoms with Crippen LogP contribution in [0.4, 0.5) is 0 Å². The van der Waals surface area contributed by atoms with Gasteiger partial charge in [-0.1, -0.05) is 0 Å². The average molecular weight is 254 g/mol. The number of nitrogens with two attached hydrogens (primary N) is 1. The van der Waals surface area contributed by atoms with Gasteiger partial charge in [-0.05, 0) is 45.4 Å². The van der Waals surface area contributed by atoms with Crippen molar-refractivity contribution in [2.75, 3.05) is 19.8 Å². The summed E-state index contributed by atoms with van der Waals surface area (Å²) in [6, 6.07) is 0.747. The van der Waals surface area contributed by atoms with Crippen LogP contribution in [0.2, 0.25) is 0 Å². The minimum atomic E-state index is 0.0919. The van der Waals surface area contributed by atoms with E-state index in [9.17, 15) is 4.79 Å². The van der Waals surface area contributed by atoms with Gasteiger partial charge in [-0.3, -0.25) is 4.79 Å². The molecule has 2 aliphatic rings. The van der Waals surface area contributed by atoms with Crippen LogP contribution in [0.3, 0.4) is 0 Å². The number of amides is 1. The zero-order chi connectivity index (χ0) is 13.0. The normalized spacial score (nSPS) is 33.1. The largest absolute Gasteiger partial charge is 0.381 e.